The summed E-state index contributed by atoms with van der Waals surface area (Å²) in [5.41, 5.74) is 1.12. The molecule has 1 saturated carbocycles. The normalized spacial score (nSPS) is 28.2. The van der Waals surface area contributed by atoms with Gasteiger partial charge in [0.1, 0.15) is 0 Å². The summed E-state index contributed by atoms with van der Waals surface area (Å²) in [4.78, 5) is 0. The maximum absolute atomic E-state index is 4.45. The van der Waals surface area contributed by atoms with Crippen LogP contribution in [0.5, 0.6) is 0 Å². The highest BCUT2D eigenvalue weighted by Crippen LogP contribution is 2.29. The fourth-order valence-electron chi connectivity index (χ4n) is 2.10. The van der Waals surface area contributed by atoms with Gasteiger partial charge >= 0.3 is 0 Å². The summed E-state index contributed by atoms with van der Waals surface area (Å²) in [6, 6.07) is 3.38. The Morgan fingerprint density at radius 3 is 2.92 bits per heavy atom. The molecule has 3 nitrogen and oxygen atoms in total. The highest BCUT2D eigenvalue weighted by atomic mass is 15.3. The van der Waals surface area contributed by atoms with Gasteiger partial charge in [-0.15, -0.1) is 0 Å². The van der Waals surface area contributed by atoms with Crippen LogP contribution in [0.15, 0.2) is 12.3 Å². The summed E-state index contributed by atoms with van der Waals surface area (Å²) in [7, 11) is 2.04. The van der Waals surface area contributed by atoms with E-state index in [1.807, 2.05) is 14.0 Å². The van der Waals surface area contributed by atoms with E-state index in [0.717, 1.165) is 5.69 Å². The number of hydrogen-bond donors (Lipinski definition) is 1. The Hall–Kier alpha value is -0.830. The summed E-state index contributed by atoms with van der Waals surface area (Å²) in [6.07, 6.45) is 5.85. The van der Waals surface area contributed by atoms with Crippen molar-refractivity contribution in [3.63, 3.8) is 0 Å². The molecular weight excluding hydrogens is 162 g/mol. The number of nitrogens with zero attached hydrogens (tertiary/aromatic N) is 2. The van der Waals surface area contributed by atoms with E-state index in [1.54, 1.807) is 0 Å². The molecule has 1 aliphatic rings. The Kier molecular flexibility index (Phi) is 2.36. The first-order valence-corrected chi connectivity index (χ1v) is 4.98. The third-order valence-corrected chi connectivity index (χ3v) is 2.93. The Morgan fingerprint density at radius 1 is 1.54 bits per heavy atom. The molecule has 3 heteroatoms. The van der Waals surface area contributed by atoms with Gasteiger partial charge in [0.05, 0.1) is 11.7 Å². The molecule has 0 bridgehead atoms. The molecule has 1 fully saturated rings. The van der Waals surface area contributed by atoms with Crippen molar-refractivity contribution in [1.29, 1.82) is 0 Å². The van der Waals surface area contributed by atoms with Gasteiger partial charge in [0.2, 0.25) is 0 Å². The second-order valence-corrected chi connectivity index (χ2v) is 3.89. The number of hydrogen-bond acceptors (Lipinski definition) is 2. The lowest BCUT2D eigenvalue weighted by Crippen LogP contribution is -2.21. The van der Waals surface area contributed by atoms with Crippen LogP contribution in [0.3, 0.4) is 0 Å². The SMILES string of the molecule is CNC1CCC(n2ccc(C)n2)C1. The molecule has 2 unspecified atom stereocenters. The molecule has 0 spiro atoms. The summed E-state index contributed by atoms with van der Waals surface area (Å²) in [5, 5.41) is 7.78. The van der Waals surface area contributed by atoms with Crippen LogP contribution in [0, 0.1) is 6.92 Å². The molecule has 0 aliphatic heterocycles. The van der Waals surface area contributed by atoms with Crippen LogP contribution in [0.1, 0.15) is 31.0 Å². The van der Waals surface area contributed by atoms with Crippen LogP contribution < -0.4 is 5.32 Å². The summed E-state index contributed by atoms with van der Waals surface area (Å²) >= 11 is 0. The predicted octanol–water partition coefficient (Wildman–Crippen LogP) is 1.50. The number of nitrogens with one attached hydrogen (secondary N) is 1. The first-order valence-electron chi connectivity index (χ1n) is 4.98. The highest BCUT2D eigenvalue weighted by molar-refractivity contribution is 4.97. The second kappa shape index (κ2) is 3.50. The minimum atomic E-state index is 0.617. The molecule has 0 saturated heterocycles. The predicted molar refractivity (Wildman–Crippen MR) is 52.7 cm³/mol. The lowest BCUT2D eigenvalue weighted by Gasteiger charge is -2.10. The molecule has 0 aromatic carbocycles. The first kappa shape index (κ1) is 8.75. The van der Waals surface area contributed by atoms with E-state index in [1.165, 1.54) is 19.3 Å². The van der Waals surface area contributed by atoms with E-state index in [2.05, 4.69) is 27.4 Å². The Balaban J connectivity index is 2.03. The molecule has 2 rings (SSSR count). The summed E-state index contributed by atoms with van der Waals surface area (Å²) < 4.78 is 2.12. The fourth-order valence-corrected chi connectivity index (χ4v) is 2.10. The van der Waals surface area contributed by atoms with Gasteiger partial charge in [0.25, 0.3) is 0 Å². The quantitative estimate of drug-likeness (QED) is 0.745. The van der Waals surface area contributed by atoms with Crippen LogP contribution in [0.25, 0.3) is 0 Å². The molecule has 0 radical (unpaired) electrons. The maximum Gasteiger partial charge on any atom is 0.0593 e. The van der Waals surface area contributed by atoms with Gasteiger partial charge in [0.15, 0.2) is 0 Å². The van der Waals surface area contributed by atoms with Gasteiger partial charge in [-0.1, -0.05) is 0 Å². The smallest absolute Gasteiger partial charge is 0.0593 e. The van der Waals surface area contributed by atoms with Crippen molar-refractivity contribution < 1.29 is 0 Å². The third kappa shape index (κ3) is 1.75. The van der Waals surface area contributed by atoms with Crippen molar-refractivity contribution in [3.8, 4) is 0 Å². The molecule has 72 valence electrons. The van der Waals surface area contributed by atoms with Crippen LogP contribution in [0.4, 0.5) is 0 Å². The molecule has 13 heavy (non-hydrogen) atoms. The first-order chi connectivity index (χ1) is 6.29. The molecule has 1 heterocycles. The maximum atomic E-state index is 4.45. The van der Waals surface area contributed by atoms with Gasteiger partial charge in [0, 0.05) is 12.2 Å². The van der Waals surface area contributed by atoms with Crippen LogP contribution in [-0.2, 0) is 0 Å². The molecule has 0 amide bonds. The molecule has 1 N–H and O–H groups in total. The van der Waals surface area contributed by atoms with E-state index in [9.17, 15) is 0 Å². The second-order valence-electron chi connectivity index (χ2n) is 3.89. The minimum absolute atomic E-state index is 0.617. The average Bonchev–Trinajstić information content (AvgIpc) is 2.71. The van der Waals surface area contributed by atoms with Gasteiger partial charge in [-0.05, 0) is 39.3 Å². The third-order valence-electron chi connectivity index (χ3n) is 2.93. The van der Waals surface area contributed by atoms with Crippen molar-refractivity contribution in [1.82, 2.24) is 15.1 Å². The van der Waals surface area contributed by atoms with Crippen molar-refractivity contribution >= 4 is 0 Å². The van der Waals surface area contributed by atoms with E-state index < -0.39 is 0 Å². The Bertz CT molecular complexity index is 279. The van der Waals surface area contributed by atoms with Gasteiger partial charge in [-0.2, -0.15) is 5.10 Å². The standard InChI is InChI=1S/C10H17N3/c1-8-5-6-13(12-8)10-4-3-9(7-10)11-2/h5-6,9-11H,3-4,7H2,1-2H3. The van der Waals surface area contributed by atoms with Crippen molar-refractivity contribution in [2.75, 3.05) is 7.05 Å². The lowest BCUT2D eigenvalue weighted by atomic mass is 10.2. The van der Waals surface area contributed by atoms with Crippen molar-refractivity contribution in [3.05, 3.63) is 18.0 Å². The fraction of sp³-hybridized carbons (Fsp3) is 0.700. The number of aromatic nitrogens is 2. The monoisotopic (exact) mass is 179 g/mol. The molecule has 1 aromatic rings. The molecular formula is C10H17N3. The Morgan fingerprint density at radius 2 is 2.38 bits per heavy atom. The zero-order valence-corrected chi connectivity index (χ0v) is 8.33. The van der Waals surface area contributed by atoms with E-state index in [-0.39, 0.29) is 0 Å². The van der Waals surface area contributed by atoms with Gasteiger partial charge < -0.3 is 5.32 Å². The topological polar surface area (TPSA) is 29.9 Å². The summed E-state index contributed by atoms with van der Waals surface area (Å²) in [5.74, 6) is 0. The highest BCUT2D eigenvalue weighted by Gasteiger charge is 2.24. The molecule has 2 atom stereocenters. The van der Waals surface area contributed by atoms with E-state index in [0.29, 0.717) is 12.1 Å². The largest absolute Gasteiger partial charge is 0.317 e. The summed E-state index contributed by atoms with van der Waals surface area (Å²) in [6.45, 7) is 2.04. The molecule has 1 aromatic heterocycles. The van der Waals surface area contributed by atoms with Gasteiger partial charge in [-0.3, -0.25) is 4.68 Å². The lowest BCUT2D eigenvalue weighted by molar-refractivity contribution is 0.449. The Labute approximate surface area is 79.1 Å². The van der Waals surface area contributed by atoms with Crippen LogP contribution in [-0.4, -0.2) is 22.9 Å². The zero-order chi connectivity index (χ0) is 9.26. The number of aryl methyl sites for hydroxylation is 1. The van der Waals surface area contributed by atoms with Crippen molar-refractivity contribution in [2.24, 2.45) is 0 Å². The van der Waals surface area contributed by atoms with E-state index in [4.69, 9.17) is 0 Å². The average molecular weight is 179 g/mol. The van der Waals surface area contributed by atoms with Gasteiger partial charge in [-0.25, -0.2) is 0 Å². The molecule has 1 aliphatic carbocycles. The number of rotatable bonds is 2. The minimum Gasteiger partial charge on any atom is -0.317 e. The van der Waals surface area contributed by atoms with E-state index >= 15 is 0 Å². The van der Waals surface area contributed by atoms with Crippen LogP contribution >= 0.6 is 0 Å². The zero-order valence-electron chi connectivity index (χ0n) is 8.33. The van der Waals surface area contributed by atoms with Crippen LogP contribution in [0.2, 0.25) is 0 Å². The van der Waals surface area contributed by atoms with Crippen molar-refractivity contribution in [2.45, 2.75) is 38.3 Å².